The summed E-state index contributed by atoms with van der Waals surface area (Å²) < 4.78 is 0. The van der Waals surface area contributed by atoms with Crippen molar-refractivity contribution >= 4 is 5.78 Å². The van der Waals surface area contributed by atoms with Crippen molar-refractivity contribution in [3.8, 4) is 0 Å². The zero-order chi connectivity index (χ0) is 12.8. The van der Waals surface area contributed by atoms with Crippen molar-refractivity contribution in [2.24, 2.45) is 11.3 Å². The maximum absolute atomic E-state index is 12.6. The summed E-state index contributed by atoms with van der Waals surface area (Å²) in [5.74, 6) is 0.109. The van der Waals surface area contributed by atoms with E-state index >= 15 is 0 Å². The van der Waals surface area contributed by atoms with Gasteiger partial charge in [0.2, 0.25) is 0 Å². The number of hydrogen-bond donors (Lipinski definition) is 1. The molecule has 0 radical (unpaired) electrons. The van der Waals surface area contributed by atoms with E-state index in [-0.39, 0.29) is 11.7 Å². The molecular weight excluding hydrogens is 224 g/mol. The molecule has 18 heavy (non-hydrogen) atoms. The molecule has 3 aliphatic rings. The van der Waals surface area contributed by atoms with E-state index in [0.717, 1.165) is 37.7 Å². The van der Waals surface area contributed by atoms with Crippen LogP contribution in [0.25, 0.3) is 0 Å². The standard InChI is InChI=1S/C16H20O2/c1-16-8-3-2-7-13(16)10-11-5-4-6-12(9-11)14(17)15(16)18/h4-5,7,10,12,14,17H,2-3,6,8-9H2,1H3/b11-10-/t12-,14+,16-/m0/s1. The molecule has 3 aliphatic carbocycles. The summed E-state index contributed by atoms with van der Waals surface area (Å²) >= 11 is 0. The van der Waals surface area contributed by atoms with Gasteiger partial charge in [-0.15, -0.1) is 0 Å². The number of fused-ring (bicyclic) bond motifs is 3. The van der Waals surface area contributed by atoms with Crippen LogP contribution in [-0.2, 0) is 4.79 Å². The number of rotatable bonds is 0. The Balaban J connectivity index is 2.13. The largest absolute Gasteiger partial charge is 0.385 e. The summed E-state index contributed by atoms with van der Waals surface area (Å²) in [5.41, 5.74) is 1.92. The molecule has 2 bridgehead atoms. The van der Waals surface area contributed by atoms with E-state index in [0.29, 0.717) is 0 Å². The Morgan fingerprint density at radius 1 is 1.44 bits per heavy atom. The molecule has 0 saturated carbocycles. The molecule has 2 nitrogen and oxygen atoms in total. The first-order valence-corrected chi connectivity index (χ1v) is 6.91. The number of allylic oxidation sites excluding steroid dienone is 6. The maximum atomic E-state index is 12.6. The Morgan fingerprint density at radius 2 is 2.28 bits per heavy atom. The van der Waals surface area contributed by atoms with Gasteiger partial charge in [-0.05, 0) is 56.1 Å². The number of hydrogen-bond acceptors (Lipinski definition) is 2. The highest BCUT2D eigenvalue weighted by molar-refractivity contribution is 5.92. The minimum atomic E-state index is -0.801. The summed E-state index contributed by atoms with van der Waals surface area (Å²) in [6.07, 6.45) is 12.4. The Bertz CT molecular complexity index is 469. The minimum absolute atomic E-state index is 0.0315. The topological polar surface area (TPSA) is 37.3 Å². The molecule has 3 atom stereocenters. The van der Waals surface area contributed by atoms with Crippen LogP contribution in [0.15, 0.2) is 35.5 Å². The van der Waals surface area contributed by atoms with Gasteiger partial charge >= 0.3 is 0 Å². The van der Waals surface area contributed by atoms with Gasteiger partial charge in [0.05, 0.1) is 5.41 Å². The van der Waals surface area contributed by atoms with Crippen LogP contribution in [-0.4, -0.2) is 17.0 Å². The lowest BCUT2D eigenvalue weighted by atomic mass is 9.65. The van der Waals surface area contributed by atoms with Crippen molar-refractivity contribution in [3.63, 3.8) is 0 Å². The van der Waals surface area contributed by atoms with Crippen molar-refractivity contribution in [1.29, 1.82) is 0 Å². The third-order valence-electron chi connectivity index (χ3n) is 4.75. The van der Waals surface area contributed by atoms with E-state index in [2.05, 4.69) is 24.3 Å². The Kier molecular flexibility index (Phi) is 2.78. The number of aliphatic hydroxyl groups is 1. The van der Waals surface area contributed by atoms with Crippen molar-refractivity contribution < 1.29 is 9.90 Å². The van der Waals surface area contributed by atoms with Crippen molar-refractivity contribution in [2.45, 2.75) is 45.1 Å². The Labute approximate surface area is 108 Å². The summed E-state index contributed by atoms with van der Waals surface area (Å²) in [5, 5.41) is 10.4. The molecule has 0 aliphatic heterocycles. The first kappa shape index (κ1) is 11.9. The lowest BCUT2D eigenvalue weighted by Gasteiger charge is -2.39. The van der Waals surface area contributed by atoms with Crippen LogP contribution in [0.5, 0.6) is 0 Å². The van der Waals surface area contributed by atoms with Gasteiger partial charge in [0.1, 0.15) is 6.10 Å². The number of aliphatic hydroxyl groups excluding tert-OH is 1. The fourth-order valence-electron chi connectivity index (χ4n) is 3.50. The molecule has 0 aromatic carbocycles. The summed E-state index contributed by atoms with van der Waals surface area (Å²) in [6.45, 7) is 2.01. The quantitative estimate of drug-likeness (QED) is 0.711. The zero-order valence-electron chi connectivity index (χ0n) is 10.9. The molecule has 0 aromatic heterocycles. The van der Waals surface area contributed by atoms with Crippen LogP contribution in [0.4, 0.5) is 0 Å². The first-order chi connectivity index (χ1) is 8.61. The second-order valence-electron chi connectivity index (χ2n) is 6.01. The van der Waals surface area contributed by atoms with E-state index in [9.17, 15) is 9.90 Å². The minimum Gasteiger partial charge on any atom is -0.385 e. The average Bonchev–Trinajstić information content (AvgIpc) is 2.39. The van der Waals surface area contributed by atoms with Crippen molar-refractivity contribution in [1.82, 2.24) is 0 Å². The van der Waals surface area contributed by atoms with Gasteiger partial charge in [-0.2, -0.15) is 0 Å². The molecule has 0 heterocycles. The van der Waals surface area contributed by atoms with Crippen molar-refractivity contribution in [2.75, 3.05) is 0 Å². The van der Waals surface area contributed by atoms with Gasteiger partial charge in [0.15, 0.2) is 5.78 Å². The van der Waals surface area contributed by atoms with E-state index in [1.807, 2.05) is 6.92 Å². The fraction of sp³-hybridized carbons (Fsp3) is 0.562. The van der Waals surface area contributed by atoms with Crippen LogP contribution in [0.3, 0.4) is 0 Å². The smallest absolute Gasteiger partial charge is 0.171 e. The van der Waals surface area contributed by atoms with Gasteiger partial charge < -0.3 is 5.11 Å². The van der Waals surface area contributed by atoms with Crippen LogP contribution in [0.2, 0.25) is 0 Å². The molecule has 1 N–H and O–H groups in total. The normalized spacial score (nSPS) is 42.2. The first-order valence-electron chi connectivity index (χ1n) is 6.91. The molecule has 96 valence electrons. The van der Waals surface area contributed by atoms with Crippen LogP contribution >= 0.6 is 0 Å². The fourth-order valence-corrected chi connectivity index (χ4v) is 3.50. The number of Topliss-reactive ketones (excluding diaryl/α,β-unsaturated/α-hetero) is 1. The molecular formula is C16H20O2. The predicted molar refractivity (Wildman–Crippen MR) is 71.0 cm³/mol. The Hall–Kier alpha value is -1.15. The van der Waals surface area contributed by atoms with Gasteiger partial charge in [0, 0.05) is 0 Å². The van der Waals surface area contributed by atoms with Crippen molar-refractivity contribution in [3.05, 3.63) is 35.5 Å². The van der Waals surface area contributed by atoms with Gasteiger partial charge in [-0.3, -0.25) is 4.79 Å². The van der Waals surface area contributed by atoms with E-state index in [4.69, 9.17) is 0 Å². The molecule has 3 rings (SSSR count). The second-order valence-corrected chi connectivity index (χ2v) is 6.01. The average molecular weight is 244 g/mol. The lowest BCUT2D eigenvalue weighted by molar-refractivity contribution is -0.138. The lowest BCUT2D eigenvalue weighted by Crippen LogP contribution is -2.44. The van der Waals surface area contributed by atoms with E-state index < -0.39 is 11.5 Å². The maximum Gasteiger partial charge on any atom is 0.171 e. The summed E-state index contributed by atoms with van der Waals surface area (Å²) in [4.78, 5) is 12.6. The molecule has 0 aromatic rings. The van der Waals surface area contributed by atoms with Crippen LogP contribution < -0.4 is 0 Å². The molecule has 0 fully saturated rings. The highest BCUT2D eigenvalue weighted by Gasteiger charge is 2.44. The van der Waals surface area contributed by atoms with E-state index in [1.165, 1.54) is 5.57 Å². The molecule has 0 saturated heterocycles. The van der Waals surface area contributed by atoms with E-state index in [1.54, 1.807) is 0 Å². The molecule has 0 unspecified atom stereocenters. The SMILES string of the molecule is C[C@]12CCCC=C1/C=C1/C=CC[C@@H](C1)[C@@H](O)C2=O. The van der Waals surface area contributed by atoms with Crippen LogP contribution in [0.1, 0.15) is 39.0 Å². The van der Waals surface area contributed by atoms with Gasteiger partial charge in [0.25, 0.3) is 0 Å². The highest BCUT2D eigenvalue weighted by Crippen LogP contribution is 2.44. The van der Waals surface area contributed by atoms with Crippen LogP contribution in [0, 0.1) is 11.3 Å². The van der Waals surface area contributed by atoms with Gasteiger partial charge in [-0.1, -0.05) is 24.3 Å². The second kappa shape index (κ2) is 4.20. The number of carbonyl (C=O) groups excluding carboxylic acids is 1. The molecule has 0 spiro atoms. The molecule has 0 amide bonds. The highest BCUT2D eigenvalue weighted by atomic mass is 16.3. The third-order valence-corrected chi connectivity index (χ3v) is 4.75. The monoisotopic (exact) mass is 244 g/mol. The summed E-state index contributed by atoms with van der Waals surface area (Å²) in [7, 11) is 0. The number of ketones is 1. The number of carbonyl (C=O) groups is 1. The zero-order valence-corrected chi connectivity index (χ0v) is 10.9. The molecule has 2 heteroatoms. The third kappa shape index (κ3) is 1.71. The summed E-state index contributed by atoms with van der Waals surface area (Å²) in [6, 6.07) is 0. The van der Waals surface area contributed by atoms with Gasteiger partial charge in [-0.25, -0.2) is 0 Å². The Morgan fingerprint density at radius 3 is 3.11 bits per heavy atom. The predicted octanol–water partition coefficient (Wildman–Crippen LogP) is 2.94.